The van der Waals surface area contributed by atoms with Gasteiger partial charge in [0.1, 0.15) is 5.75 Å². The Morgan fingerprint density at radius 1 is 1.53 bits per heavy atom. The molecule has 4 heteroatoms. The van der Waals surface area contributed by atoms with Crippen LogP contribution >= 0.6 is 0 Å². The van der Waals surface area contributed by atoms with Crippen LogP contribution in [0.2, 0.25) is 0 Å². The topological polar surface area (TPSA) is 47.6 Å². The summed E-state index contributed by atoms with van der Waals surface area (Å²) >= 11 is 0. The fourth-order valence-corrected chi connectivity index (χ4v) is 2.09. The summed E-state index contributed by atoms with van der Waals surface area (Å²) in [6, 6.07) is 7.82. The Kier molecular flexibility index (Phi) is 5.21. The second kappa shape index (κ2) is 7.14. The zero-order valence-corrected chi connectivity index (χ0v) is 11.4. The van der Waals surface area contributed by atoms with Gasteiger partial charge in [-0.3, -0.25) is 4.79 Å². The summed E-state index contributed by atoms with van der Waals surface area (Å²) in [6.45, 7) is 3.53. The third-order valence-corrected chi connectivity index (χ3v) is 3.23. The Hall–Kier alpha value is -1.55. The molecular weight excluding hydrogens is 242 g/mol. The largest absolute Gasteiger partial charge is 0.484 e. The first-order valence-electron chi connectivity index (χ1n) is 6.88. The van der Waals surface area contributed by atoms with Crippen LogP contribution in [0.15, 0.2) is 24.3 Å². The van der Waals surface area contributed by atoms with E-state index in [1.807, 2.05) is 24.3 Å². The smallest absolute Gasteiger partial charge is 0.258 e. The van der Waals surface area contributed by atoms with E-state index in [0.29, 0.717) is 6.54 Å². The number of rotatable bonds is 6. The van der Waals surface area contributed by atoms with Crippen LogP contribution in [0.3, 0.4) is 0 Å². The number of carbonyl (C=O) groups excluding carboxylic acids is 1. The molecule has 1 heterocycles. The number of amides is 1. The molecule has 1 aliphatic heterocycles. The maximum Gasteiger partial charge on any atom is 0.258 e. The van der Waals surface area contributed by atoms with Crippen molar-refractivity contribution in [2.24, 2.45) is 0 Å². The highest BCUT2D eigenvalue weighted by atomic mass is 16.5. The van der Waals surface area contributed by atoms with E-state index in [-0.39, 0.29) is 18.6 Å². The SMILES string of the molecule is CCc1cccc(OCC(=O)NCC2CCCO2)c1. The van der Waals surface area contributed by atoms with E-state index in [1.54, 1.807) is 0 Å². The minimum absolute atomic E-state index is 0.0554. The predicted molar refractivity (Wildman–Crippen MR) is 73.3 cm³/mol. The average molecular weight is 263 g/mol. The van der Waals surface area contributed by atoms with E-state index in [1.165, 1.54) is 5.56 Å². The van der Waals surface area contributed by atoms with Gasteiger partial charge in [0, 0.05) is 13.2 Å². The van der Waals surface area contributed by atoms with Crippen LogP contribution in [0.1, 0.15) is 25.3 Å². The molecule has 2 rings (SSSR count). The molecule has 1 unspecified atom stereocenters. The maximum absolute atomic E-state index is 11.6. The Morgan fingerprint density at radius 2 is 2.42 bits per heavy atom. The van der Waals surface area contributed by atoms with Gasteiger partial charge in [-0.25, -0.2) is 0 Å². The number of hydrogen-bond acceptors (Lipinski definition) is 3. The van der Waals surface area contributed by atoms with Crippen molar-refractivity contribution in [2.75, 3.05) is 19.8 Å². The van der Waals surface area contributed by atoms with Gasteiger partial charge in [-0.05, 0) is 37.0 Å². The van der Waals surface area contributed by atoms with Gasteiger partial charge in [-0.1, -0.05) is 19.1 Å². The van der Waals surface area contributed by atoms with E-state index in [9.17, 15) is 4.79 Å². The molecule has 1 aromatic rings. The number of carbonyl (C=O) groups is 1. The van der Waals surface area contributed by atoms with Crippen molar-refractivity contribution in [3.05, 3.63) is 29.8 Å². The van der Waals surface area contributed by atoms with E-state index in [0.717, 1.165) is 31.6 Å². The number of benzene rings is 1. The molecule has 4 nitrogen and oxygen atoms in total. The highest BCUT2D eigenvalue weighted by molar-refractivity contribution is 5.77. The first kappa shape index (κ1) is 13.9. The van der Waals surface area contributed by atoms with Gasteiger partial charge in [0.05, 0.1) is 6.10 Å². The third-order valence-electron chi connectivity index (χ3n) is 3.23. The molecule has 19 heavy (non-hydrogen) atoms. The molecule has 1 aromatic carbocycles. The lowest BCUT2D eigenvalue weighted by molar-refractivity contribution is -0.123. The van der Waals surface area contributed by atoms with Gasteiger partial charge in [-0.2, -0.15) is 0 Å². The van der Waals surface area contributed by atoms with Gasteiger partial charge in [0.2, 0.25) is 0 Å². The van der Waals surface area contributed by atoms with Crippen LogP contribution in [0, 0.1) is 0 Å². The van der Waals surface area contributed by atoms with Crippen molar-refractivity contribution in [3.63, 3.8) is 0 Å². The fraction of sp³-hybridized carbons (Fsp3) is 0.533. The number of hydrogen-bond donors (Lipinski definition) is 1. The summed E-state index contributed by atoms with van der Waals surface area (Å²) in [5.74, 6) is 0.643. The van der Waals surface area contributed by atoms with Crippen LogP contribution in [-0.2, 0) is 16.0 Å². The van der Waals surface area contributed by atoms with Gasteiger partial charge in [0.15, 0.2) is 6.61 Å². The molecule has 1 saturated heterocycles. The van der Waals surface area contributed by atoms with Gasteiger partial charge in [-0.15, -0.1) is 0 Å². The normalized spacial score (nSPS) is 18.3. The maximum atomic E-state index is 11.6. The fourth-order valence-electron chi connectivity index (χ4n) is 2.09. The Bertz CT molecular complexity index is 414. The van der Waals surface area contributed by atoms with E-state index in [2.05, 4.69) is 12.2 Å². The summed E-state index contributed by atoms with van der Waals surface area (Å²) < 4.78 is 10.9. The standard InChI is InChI=1S/C15H21NO3/c1-2-12-5-3-6-13(9-12)19-11-15(17)16-10-14-7-4-8-18-14/h3,5-6,9,14H,2,4,7-8,10-11H2,1H3,(H,16,17). The molecule has 1 fully saturated rings. The van der Waals surface area contributed by atoms with Crippen LogP contribution < -0.4 is 10.1 Å². The molecule has 0 aromatic heterocycles. The Morgan fingerprint density at radius 3 is 3.16 bits per heavy atom. The van der Waals surface area contributed by atoms with Gasteiger partial charge < -0.3 is 14.8 Å². The van der Waals surface area contributed by atoms with E-state index in [4.69, 9.17) is 9.47 Å². The second-order valence-corrected chi connectivity index (χ2v) is 4.73. The lowest BCUT2D eigenvalue weighted by Gasteiger charge is -2.11. The van der Waals surface area contributed by atoms with E-state index < -0.39 is 0 Å². The minimum Gasteiger partial charge on any atom is -0.484 e. The lowest BCUT2D eigenvalue weighted by Crippen LogP contribution is -2.35. The van der Waals surface area contributed by atoms with Gasteiger partial charge >= 0.3 is 0 Å². The van der Waals surface area contributed by atoms with Crippen molar-refractivity contribution in [1.82, 2.24) is 5.32 Å². The number of ether oxygens (including phenoxy) is 2. The van der Waals surface area contributed by atoms with Gasteiger partial charge in [0.25, 0.3) is 5.91 Å². The lowest BCUT2D eigenvalue weighted by atomic mass is 10.2. The Labute approximate surface area is 114 Å². The minimum atomic E-state index is -0.0996. The van der Waals surface area contributed by atoms with Crippen molar-refractivity contribution in [3.8, 4) is 5.75 Å². The molecule has 1 atom stereocenters. The molecule has 1 aliphatic rings. The van der Waals surface area contributed by atoms with Crippen molar-refractivity contribution in [2.45, 2.75) is 32.3 Å². The van der Waals surface area contributed by atoms with Crippen LogP contribution in [-0.4, -0.2) is 31.8 Å². The van der Waals surface area contributed by atoms with Crippen molar-refractivity contribution >= 4 is 5.91 Å². The molecule has 0 radical (unpaired) electrons. The molecule has 0 aliphatic carbocycles. The van der Waals surface area contributed by atoms with Crippen LogP contribution in [0.4, 0.5) is 0 Å². The first-order valence-corrected chi connectivity index (χ1v) is 6.88. The van der Waals surface area contributed by atoms with Crippen molar-refractivity contribution in [1.29, 1.82) is 0 Å². The highest BCUT2D eigenvalue weighted by Crippen LogP contribution is 2.13. The monoisotopic (exact) mass is 263 g/mol. The number of nitrogens with one attached hydrogen (secondary N) is 1. The Balaban J connectivity index is 1.70. The van der Waals surface area contributed by atoms with Crippen LogP contribution in [0.5, 0.6) is 5.75 Å². The molecule has 0 spiro atoms. The summed E-state index contributed by atoms with van der Waals surface area (Å²) in [5.41, 5.74) is 1.21. The molecule has 0 saturated carbocycles. The zero-order valence-electron chi connectivity index (χ0n) is 11.4. The van der Waals surface area contributed by atoms with Crippen molar-refractivity contribution < 1.29 is 14.3 Å². The third kappa shape index (κ3) is 4.56. The molecule has 0 bridgehead atoms. The molecular formula is C15H21NO3. The first-order chi connectivity index (χ1) is 9.28. The molecule has 1 N–H and O–H groups in total. The quantitative estimate of drug-likeness (QED) is 0.853. The summed E-state index contributed by atoms with van der Waals surface area (Å²) in [4.78, 5) is 11.6. The zero-order chi connectivity index (χ0) is 13.5. The average Bonchev–Trinajstić information content (AvgIpc) is 2.96. The summed E-state index contributed by atoms with van der Waals surface area (Å²) in [5, 5.41) is 2.83. The predicted octanol–water partition coefficient (Wildman–Crippen LogP) is 1.92. The second-order valence-electron chi connectivity index (χ2n) is 4.73. The summed E-state index contributed by atoms with van der Waals surface area (Å²) in [6.07, 6.45) is 3.25. The number of aryl methyl sites for hydroxylation is 1. The molecule has 104 valence electrons. The molecule has 1 amide bonds. The highest BCUT2D eigenvalue weighted by Gasteiger charge is 2.16. The van der Waals surface area contributed by atoms with E-state index >= 15 is 0 Å². The summed E-state index contributed by atoms with van der Waals surface area (Å²) in [7, 11) is 0. The van der Waals surface area contributed by atoms with Crippen LogP contribution in [0.25, 0.3) is 0 Å².